The van der Waals surface area contributed by atoms with E-state index in [0.717, 1.165) is 29.7 Å². The Kier molecular flexibility index (Phi) is 3.37. The van der Waals surface area contributed by atoms with Gasteiger partial charge in [0.15, 0.2) is 7.11 Å². The van der Waals surface area contributed by atoms with Gasteiger partial charge < -0.3 is 4.84 Å². The first kappa shape index (κ1) is 14.0. The van der Waals surface area contributed by atoms with Crippen molar-refractivity contribution in [2.45, 2.75) is 32.1 Å². The van der Waals surface area contributed by atoms with Crippen molar-refractivity contribution in [2.24, 2.45) is 7.05 Å². The lowest BCUT2D eigenvalue weighted by molar-refractivity contribution is 0.0370. The first-order chi connectivity index (χ1) is 11.5. The zero-order valence-electron chi connectivity index (χ0n) is 14.5. The van der Waals surface area contributed by atoms with E-state index in [0.29, 0.717) is 5.84 Å². The summed E-state index contributed by atoms with van der Waals surface area (Å²) in [5, 5.41) is 7.66. The molecule has 23 heavy (non-hydrogen) atoms. The summed E-state index contributed by atoms with van der Waals surface area (Å²) in [5.41, 5.74) is 5.53. The second-order valence-electron chi connectivity index (χ2n) is 6.03. The predicted molar refractivity (Wildman–Crippen MR) is 86.3 cm³/mol. The zero-order valence-corrected chi connectivity index (χ0v) is 13.5. The first-order valence-corrected chi connectivity index (χ1v) is 7.54. The number of amidine groups is 1. The van der Waals surface area contributed by atoms with Crippen LogP contribution in [0.25, 0.3) is 0 Å². The summed E-state index contributed by atoms with van der Waals surface area (Å²) in [5.74, 6) is -0.252. The highest BCUT2D eigenvalue weighted by molar-refractivity contribution is 5.95. The number of hydroxylamine groups is 1. The molecule has 6 nitrogen and oxygen atoms in total. The van der Waals surface area contributed by atoms with Crippen LogP contribution in [0.15, 0.2) is 30.3 Å². The first-order valence-electron chi connectivity index (χ1n) is 7.99. The Morgan fingerprint density at radius 2 is 2.17 bits per heavy atom. The second-order valence-corrected chi connectivity index (χ2v) is 6.03. The summed E-state index contributed by atoms with van der Waals surface area (Å²) in [6, 6.07) is 9.64. The van der Waals surface area contributed by atoms with Crippen molar-refractivity contribution in [3.63, 3.8) is 0 Å². The fourth-order valence-corrected chi connectivity index (χ4v) is 2.77. The molecular formula is C17H20N4O2. The lowest BCUT2D eigenvalue weighted by Gasteiger charge is -2.19. The quantitative estimate of drug-likeness (QED) is 0.518. The summed E-state index contributed by atoms with van der Waals surface area (Å²) in [6.45, 7) is 3.88. The number of rotatable bonds is 3. The minimum Gasteiger partial charge on any atom is -0.335 e. The van der Waals surface area contributed by atoms with E-state index in [2.05, 4.69) is 16.0 Å². The number of hydrogen-bond acceptors (Lipinski definition) is 4. The predicted octanol–water partition coefficient (Wildman–Crippen LogP) is 2.41. The topological polar surface area (TPSA) is 80.0 Å². The maximum atomic E-state index is 12.1. The van der Waals surface area contributed by atoms with Crippen LogP contribution in [-0.4, -0.2) is 21.6 Å². The second kappa shape index (κ2) is 5.53. The van der Waals surface area contributed by atoms with Crippen molar-refractivity contribution in [1.82, 2.24) is 15.3 Å². The average Bonchev–Trinajstić information content (AvgIpc) is 3.29. The molecule has 0 unspecified atom stereocenters. The van der Waals surface area contributed by atoms with Crippen LogP contribution in [0.3, 0.4) is 0 Å². The van der Waals surface area contributed by atoms with Crippen molar-refractivity contribution in [3.05, 3.63) is 52.8 Å². The molecule has 3 rings (SSSR count). The molecule has 2 N–H and O–H groups in total. The molecule has 0 amide bonds. The minimum absolute atomic E-state index is 0.215. The summed E-state index contributed by atoms with van der Waals surface area (Å²) < 4.78 is 9.08. The zero-order chi connectivity index (χ0) is 17.3. The molecule has 0 bridgehead atoms. The Labute approximate surface area is 136 Å². The Balaban J connectivity index is 1.74. The molecule has 1 aromatic heterocycles. The highest BCUT2D eigenvalue weighted by atomic mass is 16.7. The van der Waals surface area contributed by atoms with Crippen LogP contribution in [0.1, 0.15) is 40.2 Å². The van der Waals surface area contributed by atoms with Gasteiger partial charge in [-0.05, 0) is 43.9 Å². The van der Waals surface area contributed by atoms with Crippen LogP contribution in [0.5, 0.6) is 0 Å². The summed E-state index contributed by atoms with van der Waals surface area (Å²) in [4.78, 5) is 17.2. The maximum Gasteiger partial charge on any atom is 0.383 e. The Morgan fingerprint density at radius 1 is 1.43 bits per heavy atom. The van der Waals surface area contributed by atoms with Crippen molar-refractivity contribution >= 4 is 11.8 Å². The van der Waals surface area contributed by atoms with Gasteiger partial charge in [-0.15, -0.1) is 0 Å². The normalized spacial score (nSPS) is 16.7. The molecule has 1 heterocycles. The summed E-state index contributed by atoms with van der Waals surface area (Å²) >= 11 is 0. The van der Waals surface area contributed by atoms with Crippen molar-refractivity contribution in [2.75, 3.05) is 0 Å². The van der Waals surface area contributed by atoms with Crippen LogP contribution in [0, 0.1) is 19.2 Å². The molecule has 0 spiro atoms. The average molecular weight is 312 g/mol. The monoisotopic (exact) mass is 312 g/mol. The van der Waals surface area contributed by atoms with E-state index in [1.165, 1.54) is 0 Å². The van der Waals surface area contributed by atoms with E-state index < -0.39 is 5.97 Å². The highest BCUT2D eigenvalue weighted by Gasteiger charge is 2.50. The number of nitrogens with one attached hydrogen (secondary N) is 2. The SMILES string of the molecule is [H]/N=C(\NOC(=O)c1cc(C)n(C)n1)C1(c2ccccc2C)CC1. The van der Waals surface area contributed by atoms with Gasteiger partial charge in [0, 0.05) is 12.7 Å². The number of aryl methyl sites for hydroxylation is 3. The molecule has 1 fully saturated rings. The van der Waals surface area contributed by atoms with Crippen LogP contribution >= 0.6 is 0 Å². The molecule has 120 valence electrons. The van der Waals surface area contributed by atoms with Crippen molar-refractivity contribution in [1.29, 1.82) is 5.40 Å². The third kappa shape index (κ3) is 2.72. The van der Waals surface area contributed by atoms with Gasteiger partial charge in [-0.3, -0.25) is 10.1 Å². The van der Waals surface area contributed by atoms with E-state index >= 15 is 0 Å². The molecular weight excluding hydrogens is 292 g/mol. The summed E-state index contributed by atoms with van der Waals surface area (Å²) in [6.07, 6.45) is 1.73. The van der Waals surface area contributed by atoms with E-state index in [1.807, 2.05) is 38.1 Å². The van der Waals surface area contributed by atoms with E-state index in [9.17, 15) is 4.79 Å². The molecule has 0 aliphatic heterocycles. The van der Waals surface area contributed by atoms with E-state index in [-0.39, 0.29) is 11.1 Å². The van der Waals surface area contributed by atoms with Gasteiger partial charge in [-0.1, -0.05) is 24.3 Å². The van der Waals surface area contributed by atoms with Gasteiger partial charge in [-0.2, -0.15) is 5.10 Å². The molecule has 1 aliphatic carbocycles. The van der Waals surface area contributed by atoms with Gasteiger partial charge in [0.1, 0.15) is 5.84 Å². The molecule has 0 saturated heterocycles. The van der Waals surface area contributed by atoms with Gasteiger partial charge in [0.2, 0.25) is 0 Å². The number of nitrogens with zero attached hydrogens (tertiary/aromatic N) is 2. The Morgan fingerprint density at radius 3 is 2.74 bits per heavy atom. The molecule has 0 radical (unpaired) electrons. The molecule has 1 saturated carbocycles. The van der Waals surface area contributed by atoms with Crippen LogP contribution in [0.4, 0.5) is 0 Å². The fraction of sp³-hybridized carbons (Fsp3) is 0.353. The third-order valence-electron chi connectivity index (χ3n) is 4.43. The maximum absolute atomic E-state index is 12.1. The highest BCUT2D eigenvalue weighted by Crippen LogP contribution is 2.49. The van der Waals surface area contributed by atoms with Gasteiger partial charge in [-0.25, -0.2) is 10.3 Å². The fourth-order valence-electron chi connectivity index (χ4n) is 2.77. The number of carbonyl (C=O) groups excluding carboxylic acids is 1. The van der Waals surface area contributed by atoms with Gasteiger partial charge in [0.25, 0.3) is 0 Å². The number of hydrogen-bond donors (Lipinski definition) is 2. The van der Waals surface area contributed by atoms with Crippen LogP contribution < -0.4 is 5.48 Å². The lowest BCUT2D eigenvalue weighted by Crippen LogP contribution is -2.36. The standard InChI is InChI=1S/C17H20N4O2/c1-11-6-4-5-7-13(11)17(8-9-17)16(18)20-23-15(22)14-10-12(2)21(3)19-14/h4-7,10H,8-9H2,1-3H3,(H2,18,20). The van der Waals surface area contributed by atoms with Crippen molar-refractivity contribution in [3.8, 4) is 0 Å². The van der Waals surface area contributed by atoms with E-state index in [1.54, 1.807) is 17.8 Å². The van der Waals surface area contributed by atoms with Gasteiger partial charge in [0.05, 0.1) is 5.41 Å². The Hall–Kier alpha value is -2.63. The minimum atomic E-state index is -0.597. The third-order valence-corrected chi connectivity index (χ3v) is 4.43. The summed E-state index contributed by atoms with van der Waals surface area (Å²) in [7, 11) is 1.76. The molecule has 6 heteroatoms. The smallest absolute Gasteiger partial charge is 0.335 e. The lowest BCUT2D eigenvalue weighted by atomic mass is 9.91. The number of benzene rings is 1. The van der Waals surface area contributed by atoms with Crippen molar-refractivity contribution < 1.29 is 11.0 Å². The Bertz CT molecular complexity index is 789. The molecule has 2 aromatic rings. The van der Waals surface area contributed by atoms with E-state index in [4.69, 9.17) is 6.25 Å². The largest absolute Gasteiger partial charge is 0.383 e. The van der Waals surface area contributed by atoms with Crippen LogP contribution in [-0.2, 0) is 17.3 Å². The van der Waals surface area contributed by atoms with Crippen LogP contribution in [0.2, 0.25) is 1.41 Å². The molecule has 1 aromatic carbocycles. The number of carbonyl (C=O) groups is 1. The van der Waals surface area contributed by atoms with Gasteiger partial charge >= 0.3 is 5.97 Å². The number of aromatic nitrogens is 2. The molecule has 1 aliphatic rings. The molecule has 0 atom stereocenters.